The summed E-state index contributed by atoms with van der Waals surface area (Å²) in [7, 11) is 0. The monoisotopic (exact) mass is 521 g/mol. The highest BCUT2D eigenvalue weighted by molar-refractivity contribution is 5.77. The summed E-state index contributed by atoms with van der Waals surface area (Å²) in [4.78, 5) is 49.9. The van der Waals surface area contributed by atoms with Gasteiger partial charge < -0.3 is 35.3 Å². The van der Waals surface area contributed by atoms with E-state index in [9.17, 15) is 19.2 Å². The second-order valence-corrected chi connectivity index (χ2v) is 9.45. The lowest BCUT2D eigenvalue weighted by Crippen LogP contribution is -2.44. The van der Waals surface area contributed by atoms with Gasteiger partial charge in [-0.15, -0.1) is 0 Å². The first-order chi connectivity index (χ1) is 17.5. The Morgan fingerprint density at radius 2 is 1.54 bits per heavy atom. The van der Waals surface area contributed by atoms with Gasteiger partial charge in [-0.1, -0.05) is 37.3 Å². The maximum Gasteiger partial charge on any atom is 0.410 e. The Morgan fingerprint density at radius 3 is 2.14 bits per heavy atom. The number of likely N-dealkylation sites (tertiary alicyclic amines) is 1. The van der Waals surface area contributed by atoms with Crippen molar-refractivity contribution in [2.24, 2.45) is 23.3 Å². The summed E-state index contributed by atoms with van der Waals surface area (Å²) in [6, 6.07) is 8.37. The smallest absolute Gasteiger partial charge is 0.410 e. The molecule has 0 spiro atoms. The maximum atomic E-state index is 12.4. The van der Waals surface area contributed by atoms with E-state index in [2.05, 4.69) is 0 Å². The van der Waals surface area contributed by atoms with Crippen LogP contribution in [0.5, 0.6) is 0 Å². The average molecular weight is 522 g/mol. The molecule has 0 aliphatic carbocycles. The van der Waals surface area contributed by atoms with Crippen molar-refractivity contribution in [1.29, 1.82) is 0 Å². The van der Waals surface area contributed by atoms with Gasteiger partial charge in [0.15, 0.2) is 6.10 Å². The van der Waals surface area contributed by atoms with E-state index < -0.39 is 42.6 Å². The van der Waals surface area contributed by atoms with Crippen LogP contribution in [-0.4, -0.2) is 66.5 Å². The fourth-order valence-electron chi connectivity index (χ4n) is 3.78. The first kappa shape index (κ1) is 30.0. The van der Waals surface area contributed by atoms with Crippen LogP contribution < -0.4 is 11.5 Å². The number of nitrogens with two attached hydrogens (primary N) is 2. The van der Waals surface area contributed by atoms with Crippen LogP contribution in [0.2, 0.25) is 0 Å². The van der Waals surface area contributed by atoms with Gasteiger partial charge in [0.2, 0.25) is 12.2 Å². The number of hydrogen-bond acceptors (Lipinski definition) is 9. The number of primary amides is 1. The zero-order valence-corrected chi connectivity index (χ0v) is 22.0. The van der Waals surface area contributed by atoms with Crippen LogP contribution in [0.1, 0.15) is 52.5 Å². The van der Waals surface area contributed by atoms with Gasteiger partial charge >= 0.3 is 18.0 Å². The van der Waals surface area contributed by atoms with Crippen molar-refractivity contribution in [2.45, 2.75) is 78.1 Å². The number of rotatable bonds is 12. The molecule has 0 aromatic heterocycles. The van der Waals surface area contributed by atoms with E-state index >= 15 is 0 Å². The van der Waals surface area contributed by atoms with Crippen molar-refractivity contribution in [2.75, 3.05) is 13.1 Å². The Labute approximate surface area is 217 Å². The van der Waals surface area contributed by atoms with Crippen LogP contribution in [0.25, 0.3) is 0 Å². The molecule has 2 amide bonds. The Morgan fingerprint density at radius 1 is 0.946 bits per heavy atom. The molecule has 1 saturated heterocycles. The summed E-state index contributed by atoms with van der Waals surface area (Å²) < 4.78 is 21.3. The number of piperidine rings is 1. The number of carbonyl (C=O) groups excluding carboxylic acids is 4. The molecule has 5 atom stereocenters. The first-order valence-electron chi connectivity index (χ1n) is 12.5. The minimum Gasteiger partial charge on any atom is -0.446 e. The van der Waals surface area contributed by atoms with Gasteiger partial charge in [0.05, 0.1) is 6.61 Å². The average Bonchev–Trinajstić information content (AvgIpc) is 2.87. The molecule has 0 radical (unpaired) electrons. The quantitative estimate of drug-likeness (QED) is 0.310. The molecule has 1 heterocycles. The summed E-state index contributed by atoms with van der Waals surface area (Å²) >= 11 is 0. The molecule has 4 N–H and O–H groups in total. The van der Waals surface area contributed by atoms with E-state index in [0.717, 1.165) is 5.56 Å². The Bertz CT molecular complexity index is 904. The molecule has 11 nitrogen and oxygen atoms in total. The number of esters is 2. The number of amides is 2. The van der Waals surface area contributed by atoms with E-state index in [1.54, 1.807) is 20.8 Å². The van der Waals surface area contributed by atoms with Gasteiger partial charge in [0, 0.05) is 25.9 Å². The maximum absolute atomic E-state index is 12.4. The van der Waals surface area contributed by atoms with Crippen molar-refractivity contribution in [3.05, 3.63) is 35.9 Å². The van der Waals surface area contributed by atoms with Crippen LogP contribution >= 0.6 is 0 Å². The van der Waals surface area contributed by atoms with Crippen LogP contribution in [0.15, 0.2) is 30.3 Å². The van der Waals surface area contributed by atoms with E-state index in [1.165, 1.54) is 11.8 Å². The fourth-order valence-corrected chi connectivity index (χ4v) is 3.78. The molecule has 1 aromatic carbocycles. The van der Waals surface area contributed by atoms with Gasteiger partial charge in [-0.2, -0.15) is 0 Å². The largest absolute Gasteiger partial charge is 0.446 e. The first-order valence-corrected chi connectivity index (χ1v) is 12.5. The van der Waals surface area contributed by atoms with E-state index in [-0.39, 0.29) is 30.8 Å². The summed E-state index contributed by atoms with van der Waals surface area (Å²) in [5.74, 6) is -2.24. The van der Waals surface area contributed by atoms with Crippen molar-refractivity contribution in [3.8, 4) is 0 Å². The van der Waals surface area contributed by atoms with Gasteiger partial charge in [0.1, 0.15) is 12.1 Å². The summed E-state index contributed by atoms with van der Waals surface area (Å²) in [6.07, 6.45) is -1.80. The summed E-state index contributed by atoms with van der Waals surface area (Å²) in [5, 5.41) is 0. The molecule has 206 valence electrons. The van der Waals surface area contributed by atoms with Gasteiger partial charge in [0.25, 0.3) is 0 Å². The topological polar surface area (TPSA) is 160 Å². The summed E-state index contributed by atoms with van der Waals surface area (Å²) in [5.41, 5.74) is 12.2. The highest BCUT2D eigenvalue weighted by Crippen LogP contribution is 2.20. The highest BCUT2D eigenvalue weighted by atomic mass is 16.7. The van der Waals surface area contributed by atoms with Crippen molar-refractivity contribution in [3.63, 3.8) is 0 Å². The lowest BCUT2D eigenvalue weighted by atomic mass is 9.96. The third-order valence-corrected chi connectivity index (χ3v) is 6.41. The second-order valence-electron chi connectivity index (χ2n) is 9.45. The molecule has 37 heavy (non-hydrogen) atoms. The van der Waals surface area contributed by atoms with Crippen molar-refractivity contribution < 1.29 is 38.1 Å². The molecule has 1 aliphatic heterocycles. The predicted octanol–water partition coefficient (Wildman–Crippen LogP) is 2.10. The SMILES string of the molecule is CC(OC(=O)[C@@H](N)C[C@@H](C)C(C)OC(=O)N1CCC(C(N)=O)CC1)OC(=O)[C@@H](C)OCc1ccccc1. The molecular weight excluding hydrogens is 482 g/mol. The lowest BCUT2D eigenvalue weighted by molar-refractivity contribution is -0.193. The third kappa shape index (κ3) is 10.0. The number of nitrogens with zero attached hydrogens (tertiary/aromatic N) is 1. The fraction of sp³-hybridized carbons (Fsp3) is 0.615. The minimum absolute atomic E-state index is 0.189. The highest BCUT2D eigenvalue weighted by Gasteiger charge is 2.30. The molecule has 0 bridgehead atoms. The Balaban J connectivity index is 1.70. The van der Waals surface area contributed by atoms with Crippen molar-refractivity contribution in [1.82, 2.24) is 4.90 Å². The van der Waals surface area contributed by atoms with E-state index in [1.807, 2.05) is 30.3 Å². The summed E-state index contributed by atoms with van der Waals surface area (Å²) in [6.45, 7) is 7.52. The Kier molecular flexibility index (Phi) is 11.8. The van der Waals surface area contributed by atoms with Gasteiger partial charge in [-0.25, -0.2) is 9.59 Å². The molecule has 1 aliphatic rings. The zero-order valence-electron chi connectivity index (χ0n) is 22.0. The molecule has 1 aromatic rings. The molecule has 1 fully saturated rings. The zero-order chi connectivity index (χ0) is 27.5. The number of carbonyl (C=O) groups is 4. The number of ether oxygens (including phenoxy) is 4. The van der Waals surface area contributed by atoms with E-state index in [0.29, 0.717) is 25.9 Å². The Hall–Kier alpha value is -3.18. The standard InChI is InChI=1S/C26H39N3O8/c1-16(17(2)35-26(33)29-12-10-21(11-13-29)23(28)30)14-22(27)25(32)37-19(4)36-24(31)18(3)34-15-20-8-6-5-7-9-20/h5-9,16-19,21-22H,10-15,27H2,1-4H3,(H2,28,30)/t16-,17?,18-,19?,22+/m1/s1. The number of hydrogen-bond donors (Lipinski definition) is 2. The second kappa shape index (κ2) is 14.5. The minimum atomic E-state index is -1.15. The van der Waals surface area contributed by atoms with Crippen LogP contribution in [0.4, 0.5) is 4.79 Å². The molecular formula is C26H39N3O8. The number of benzene rings is 1. The van der Waals surface area contributed by atoms with Crippen molar-refractivity contribution >= 4 is 23.9 Å². The van der Waals surface area contributed by atoms with Crippen LogP contribution in [0, 0.1) is 11.8 Å². The lowest BCUT2D eigenvalue weighted by Gasteiger charge is -2.32. The molecule has 11 heteroatoms. The molecule has 0 saturated carbocycles. The molecule has 2 unspecified atom stereocenters. The normalized spacial score (nSPS) is 18.1. The van der Waals surface area contributed by atoms with Gasteiger partial charge in [-0.05, 0) is 44.6 Å². The van der Waals surface area contributed by atoms with Gasteiger partial charge in [-0.3, -0.25) is 9.59 Å². The molecule has 2 rings (SSSR count). The van der Waals surface area contributed by atoms with E-state index in [4.69, 9.17) is 30.4 Å². The predicted molar refractivity (Wildman–Crippen MR) is 134 cm³/mol. The van der Waals surface area contributed by atoms with Crippen LogP contribution in [0.3, 0.4) is 0 Å². The third-order valence-electron chi connectivity index (χ3n) is 6.41. The van der Waals surface area contributed by atoms with Crippen LogP contribution in [-0.2, 0) is 39.9 Å².